The lowest BCUT2D eigenvalue weighted by atomic mass is 10.2. The smallest absolute Gasteiger partial charge is 0.141 e. The van der Waals surface area contributed by atoms with E-state index < -0.39 is 0 Å². The standard InChI is InChI=1S/C20H13BrCl2N2/c21-15-5-3-4-13(10-15)20-24-18-6-1-2-7-19(18)25(20)12-14-8-9-16(22)11-17(14)23/h1-11H,12H2. The summed E-state index contributed by atoms with van der Waals surface area (Å²) in [5.41, 5.74) is 4.09. The maximum absolute atomic E-state index is 6.40. The number of halogens is 3. The molecule has 0 fully saturated rings. The largest absolute Gasteiger partial charge is 0.319 e. The molecule has 5 heteroatoms. The quantitative estimate of drug-likeness (QED) is 0.348. The Morgan fingerprint density at radius 3 is 2.56 bits per heavy atom. The number of hydrogen-bond acceptors (Lipinski definition) is 1. The summed E-state index contributed by atoms with van der Waals surface area (Å²) in [6.45, 7) is 0.623. The van der Waals surface area contributed by atoms with Crippen molar-refractivity contribution in [1.82, 2.24) is 9.55 Å². The van der Waals surface area contributed by atoms with E-state index in [0.717, 1.165) is 32.5 Å². The number of aromatic nitrogens is 2. The second kappa shape index (κ2) is 6.83. The zero-order valence-electron chi connectivity index (χ0n) is 13.1. The second-order valence-corrected chi connectivity index (χ2v) is 7.52. The van der Waals surface area contributed by atoms with Gasteiger partial charge in [0.1, 0.15) is 5.82 Å². The third kappa shape index (κ3) is 3.32. The summed E-state index contributed by atoms with van der Waals surface area (Å²) in [4.78, 5) is 4.84. The molecule has 3 aromatic carbocycles. The lowest BCUT2D eigenvalue weighted by molar-refractivity contribution is 0.834. The van der Waals surface area contributed by atoms with E-state index >= 15 is 0 Å². The van der Waals surface area contributed by atoms with Crippen LogP contribution in [-0.2, 0) is 6.54 Å². The Kier molecular flexibility index (Phi) is 4.55. The highest BCUT2D eigenvalue weighted by molar-refractivity contribution is 9.10. The number of nitrogens with zero attached hydrogens (tertiary/aromatic N) is 2. The van der Waals surface area contributed by atoms with Crippen molar-refractivity contribution in [3.05, 3.63) is 86.8 Å². The van der Waals surface area contributed by atoms with Crippen LogP contribution in [0.25, 0.3) is 22.4 Å². The Hall–Kier alpha value is -1.81. The van der Waals surface area contributed by atoms with Gasteiger partial charge in [-0.25, -0.2) is 4.98 Å². The normalized spacial score (nSPS) is 11.2. The molecule has 1 heterocycles. The van der Waals surface area contributed by atoms with Crippen molar-refractivity contribution < 1.29 is 0 Å². The lowest BCUT2D eigenvalue weighted by Crippen LogP contribution is -2.03. The van der Waals surface area contributed by atoms with Crippen LogP contribution in [0.2, 0.25) is 10.0 Å². The van der Waals surface area contributed by atoms with Crippen LogP contribution in [0.1, 0.15) is 5.56 Å². The topological polar surface area (TPSA) is 17.8 Å². The summed E-state index contributed by atoms with van der Waals surface area (Å²) in [5.74, 6) is 0.911. The number of rotatable bonds is 3. The second-order valence-electron chi connectivity index (χ2n) is 5.76. The van der Waals surface area contributed by atoms with E-state index in [4.69, 9.17) is 28.2 Å². The first-order chi connectivity index (χ1) is 12.1. The molecule has 25 heavy (non-hydrogen) atoms. The molecule has 2 nitrogen and oxygen atoms in total. The number of imidazole rings is 1. The van der Waals surface area contributed by atoms with Crippen molar-refractivity contribution in [2.45, 2.75) is 6.54 Å². The molecular formula is C20H13BrCl2N2. The molecule has 0 atom stereocenters. The van der Waals surface area contributed by atoms with Crippen LogP contribution in [0.5, 0.6) is 0 Å². The van der Waals surface area contributed by atoms with E-state index in [9.17, 15) is 0 Å². The fraction of sp³-hybridized carbons (Fsp3) is 0.0500. The van der Waals surface area contributed by atoms with Crippen LogP contribution < -0.4 is 0 Å². The van der Waals surface area contributed by atoms with Crippen molar-refractivity contribution in [2.24, 2.45) is 0 Å². The molecule has 1 aromatic heterocycles. The van der Waals surface area contributed by atoms with E-state index in [0.29, 0.717) is 16.6 Å². The van der Waals surface area contributed by atoms with E-state index in [2.05, 4.69) is 38.7 Å². The van der Waals surface area contributed by atoms with Gasteiger partial charge in [-0.15, -0.1) is 0 Å². The van der Waals surface area contributed by atoms with Gasteiger partial charge in [-0.1, -0.05) is 69.5 Å². The molecule has 124 valence electrons. The average molecular weight is 432 g/mol. The molecule has 0 aliphatic rings. The van der Waals surface area contributed by atoms with Gasteiger partial charge in [0.15, 0.2) is 0 Å². The van der Waals surface area contributed by atoms with Gasteiger partial charge in [0, 0.05) is 20.1 Å². The van der Waals surface area contributed by atoms with Crippen molar-refractivity contribution in [1.29, 1.82) is 0 Å². The van der Waals surface area contributed by atoms with Gasteiger partial charge in [-0.2, -0.15) is 0 Å². The predicted octanol–water partition coefficient (Wildman–Crippen LogP) is 6.82. The summed E-state index contributed by atoms with van der Waals surface area (Å²) >= 11 is 16.0. The average Bonchev–Trinajstić information content (AvgIpc) is 2.96. The Labute approximate surface area is 164 Å². The minimum absolute atomic E-state index is 0.623. The number of fused-ring (bicyclic) bond motifs is 1. The molecule has 0 bridgehead atoms. The first-order valence-electron chi connectivity index (χ1n) is 7.77. The summed E-state index contributed by atoms with van der Waals surface area (Å²) < 4.78 is 3.21. The van der Waals surface area contributed by atoms with Crippen LogP contribution in [0.3, 0.4) is 0 Å². The van der Waals surface area contributed by atoms with E-state index in [1.54, 1.807) is 6.07 Å². The molecule has 0 aliphatic heterocycles. The van der Waals surface area contributed by atoms with Gasteiger partial charge in [-0.05, 0) is 42.0 Å². The van der Waals surface area contributed by atoms with Crippen LogP contribution in [0.4, 0.5) is 0 Å². The van der Waals surface area contributed by atoms with Crippen LogP contribution >= 0.6 is 39.1 Å². The third-order valence-corrected chi connectivity index (χ3v) is 5.16. The van der Waals surface area contributed by atoms with Crippen LogP contribution in [0.15, 0.2) is 71.2 Å². The number of para-hydroxylation sites is 2. The van der Waals surface area contributed by atoms with Gasteiger partial charge in [0.25, 0.3) is 0 Å². The highest BCUT2D eigenvalue weighted by Gasteiger charge is 2.14. The van der Waals surface area contributed by atoms with Crippen molar-refractivity contribution in [2.75, 3.05) is 0 Å². The molecule has 0 spiro atoms. The monoisotopic (exact) mass is 430 g/mol. The van der Waals surface area contributed by atoms with Crippen molar-refractivity contribution >= 4 is 50.2 Å². The third-order valence-electron chi connectivity index (χ3n) is 4.08. The van der Waals surface area contributed by atoms with Gasteiger partial charge in [0.2, 0.25) is 0 Å². The van der Waals surface area contributed by atoms with E-state index in [1.165, 1.54) is 0 Å². The molecule has 0 N–H and O–H groups in total. The first kappa shape index (κ1) is 16.6. The summed E-state index contributed by atoms with van der Waals surface area (Å²) in [6.07, 6.45) is 0. The van der Waals surface area contributed by atoms with E-state index in [-0.39, 0.29) is 0 Å². The Bertz CT molecular complexity index is 1070. The van der Waals surface area contributed by atoms with Gasteiger partial charge >= 0.3 is 0 Å². The lowest BCUT2D eigenvalue weighted by Gasteiger charge is -2.11. The minimum atomic E-state index is 0.623. The summed E-state index contributed by atoms with van der Waals surface area (Å²) in [6, 6.07) is 21.9. The zero-order chi connectivity index (χ0) is 17.4. The zero-order valence-corrected chi connectivity index (χ0v) is 16.2. The molecule has 0 aliphatic carbocycles. The number of benzene rings is 3. The fourth-order valence-electron chi connectivity index (χ4n) is 2.90. The molecule has 0 radical (unpaired) electrons. The molecular weight excluding hydrogens is 419 g/mol. The predicted molar refractivity (Wildman–Crippen MR) is 108 cm³/mol. The maximum atomic E-state index is 6.40. The summed E-state index contributed by atoms with van der Waals surface area (Å²) in [5, 5.41) is 1.29. The molecule has 0 unspecified atom stereocenters. The summed E-state index contributed by atoms with van der Waals surface area (Å²) in [7, 11) is 0. The van der Waals surface area contributed by atoms with Gasteiger partial charge in [-0.3, -0.25) is 0 Å². The maximum Gasteiger partial charge on any atom is 0.141 e. The van der Waals surface area contributed by atoms with E-state index in [1.807, 2.05) is 42.5 Å². The molecule has 0 saturated carbocycles. The van der Waals surface area contributed by atoms with Crippen molar-refractivity contribution in [3.8, 4) is 11.4 Å². The Morgan fingerprint density at radius 2 is 1.76 bits per heavy atom. The highest BCUT2D eigenvalue weighted by atomic mass is 79.9. The van der Waals surface area contributed by atoms with Crippen molar-refractivity contribution in [3.63, 3.8) is 0 Å². The SMILES string of the molecule is Clc1ccc(Cn2c(-c3cccc(Br)c3)nc3ccccc32)c(Cl)c1. The van der Waals surface area contributed by atoms with Crippen LogP contribution in [0, 0.1) is 0 Å². The highest BCUT2D eigenvalue weighted by Crippen LogP contribution is 2.29. The minimum Gasteiger partial charge on any atom is -0.319 e. The van der Waals surface area contributed by atoms with Gasteiger partial charge in [0.05, 0.1) is 17.6 Å². The Balaban J connectivity index is 1.90. The fourth-order valence-corrected chi connectivity index (χ4v) is 3.77. The molecule has 0 saturated heterocycles. The first-order valence-corrected chi connectivity index (χ1v) is 9.32. The molecule has 0 amide bonds. The Morgan fingerprint density at radius 1 is 0.920 bits per heavy atom. The van der Waals surface area contributed by atoms with Crippen LogP contribution in [-0.4, -0.2) is 9.55 Å². The number of hydrogen-bond donors (Lipinski definition) is 0. The molecule has 4 rings (SSSR count). The van der Waals surface area contributed by atoms with Gasteiger partial charge < -0.3 is 4.57 Å². The molecule has 4 aromatic rings.